The molecule has 0 aliphatic carbocycles. The van der Waals surface area contributed by atoms with Crippen LogP contribution in [0.1, 0.15) is 67.9 Å². The van der Waals surface area contributed by atoms with E-state index in [0.29, 0.717) is 16.5 Å². The van der Waals surface area contributed by atoms with Gasteiger partial charge in [0.15, 0.2) is 0 Å². The fraction of sp³-hybridized carbons (Fsp3) is 0.455. The molecule has 0 amide bonds. The Labute approximate surface area is 159 Å². The van der Waals surface area contributed by atoms with Gasteiger partial charge in [0.25, 0.3) is 0 Å². The van der Waals surface area contributed by atoms with Crippen molar-refractivity contribution in [3.63, 3.8) is 0 Å². The highest BCUT2D eigenvalue weighted by atomic mass is 35.5. The maximum absolute atomic E-state index is 14.6. The average Bonchev–Trinajstić information content (AvgIpc) is 2.67. The Hall–Kier alpha value is -1.58. The summed E-state index contributed by atoms with van der Waals surface area (Å²) in [6.45, 7) is 5.21. The van der Waals surface area contributed by atoms with Crippen LogP contribution in [0.2, 0.25) is 5.02 Å². The van der Waals surface area contributed by atoms with Gasteiger partial charge in [0.05, 0.1) is 12.1 Å². The van der Waals surface area contributed by atoms with Gasteiger partial charge in [-0.3, -0.25) is 0 Å². The Morgan fingerprint density at radius 2 is 2.15 bits per heavy atom. The van der Waals surface area contributed by atoms with Crippen LogP contribution >= 0.6 is 11.6 Å². The summed E-state index contributed by atoms with van der Waals surface area (Å²) >= 11 is 6.39. The van der Waals surface area contributed by atoms with Crippen LogP contribution in [0.4, 0.5) is 10.1 Å². The molecule has 1 fully saturated rings. The molecule has 4 atom stereocenters. The van der Waals surface area contributed by atoms with Gasteiger partial charge in [0.1, 0.15) is 5.82 Å². The van der Waals surface area contributed by atoms with E-state index in [1.54, 1.807) is 12.1 Å². The largest absolute Gasteiger partial charge is 0.377 e. The minimum absolute atomic E-state index is 0.00956. The minimum Gasteiger partial charge on any atom is -0.377 e. The molecule has 4 rings (SSSR count). The highest BCUT2D eigenvalue weighted by Crippen LogP contribution is 2.51. The number of benzene rings is 2. The molecule has 4 unspecified atom stereocenters. The number of rotatable bonds is 3. The molecule has 0 saturated carbocycles. The van der Waals surface area contributed by atoms with Crippen molar-refractivity contribution in [1.82, 2.24) is 0 Å². The van der Waals surface area contributed by atoms with E-state index in [9.17, 15) is 4.39 Å². The summed E-state index contributed by atoms with van der Waals surface area (Å²) < 4.78 is 20.8. The topological polar surface area (TPSA) is 21.3 Å². The Balaban J connectivity index is 1.79. The summed E-state index contributed by atoms with van der Waals surface area (Å²) in [5.41, 5.74) is 4.13. The van der Waals surface area contributed by atoms with E-state index >= 15 is 0 Å². The number of nitrogens with one attached hydrogen (secondary N) is 1. The smallest absolute Gasteiger partial charge is 0.129 e. The van der Waals surface area contributed by atoms with Crippen LogP contribution in [0, 0.1) is 11.7 Å². The summed E-state index contributed by atoms with van der Waals surface area (Å²) in [7, 11) is 0. The summed E-state index contributed by atoms with van der Waals surface area (Å²) in [6.07, 6.45) is 3.09. The summed E-state index contributed by atoms with van der Waals surface area (Å²) in [5, 5.41) is 4.05. The number of hydrogen-bond donors (Lipinski definition) is 1. The maximum atomic E-state index is 14.6. The van der Waals surface area contributed by atoms with Gasteiger partial charge in [0.2, 0.25) is 0 Å². The quantitative estimate of drug-likeness (QED) is 0.652. The minimum atomic E-state index is -0.251. The van der Waals surface area contributed by atoms with Gasteiger partial charge >= 0.3 is 0 Å². The fourth-order valence-corrected chi connectivity index (χ4v) is 4.61. The van der Waals surface area contributed by atoms with Crippen molar-refractivity contribution in [3.05, 3.63) is 63.9 Å². The van der Waals surface area contributed by atoms with E-state index < -0.39 is 0 Å². The second kappa shape index (κ2) is 7.21. The Morgan fingerprint density at radius 3 is 2.92 bits per heavy atom. The predicted octanol–water partition coefficient (Wildman–Crippen LogP) is 6.63. The van der Waals surface area contributed by atoms with Gasteiger partial charge in [-0.2, -0.15) is 0 Å². The third kappa shape index (κ3) is 3.01. The summed E-state index contributed by atoms with van der Waals surface area (Å²) in [6, 6.07) is 11.3. The van der Waals surface area contributed by atoms with Gasteiger partial charge in [-0.1, -0.05) is 43.6 Å². The SMILES string of the molecule is CCC(C)c1ccc2c(c1)C1OCCCC1C(c1c(F)cccc1Cl)N2. The number of ether oxygens (including phenoxy) is 1. The van der Waals surface area contributed by atoms with Crippen LogP contribution in [0.3, 0.4) is 0 Å². The molecule has 0 spiro atoms. The predicted molar refractivity (Wildman–Crippen MR) is 104 cm³/mol. The zero-order valence-corrected chi connectivity index (χ0v) is 16.0. The standard InChI is InChI=1S/C22H25ClFNO/c1-3-13(2)14-9-10-19-16(12-14)22-15(6-5-11-26-22)21(25-19)20-17(23)7-4-8-18(20)24/h4,7-10,12-13,15,21-22,25H,3,5-6,11H2,1-2H3. The molecule has 0 radical (unpaired) electrons. The number of halogens is 2. The number of hydrogen-bond acceptors (Lipinski definition) is 2. The highest BCUT2D eigenvalue weighted by Gasteiger charge is 2.41. The lowest BCUT2D eigenvalue weighted by Gasteiger charge is -2.44. The molecule has 2 aromatic carbocycles. The lowest BCUT2D eigenvalue weighted by atomic mass is 9.76. The molecule has 2 aliphatic rings. The lowest BCUT2D eigenvalue weighted by molar-refractivity contribution is -0.0384. The van der Waals surface area contributed by atoms with Crippen molar-refractivity contribution in [2.45, 2.75) is 51.2 Å². The zero-order valence-electron chi connectivity index (χ0n) is 15.3. The monoisotopic (exact) mass is 373 g/mol. The first-order valence-electron chi connectivity index (χ1n) is 9.56. The zero-order chi connectivity index (χ0) is 18.3. The van der Waals surface area contributed by atoms with Gasteiger partial charge in [-0.15, -0.1) is 0 Å². The van der Waals surface area contributed by atoms with E-state index in [1.165, 1.54) is 17.2 Å². The van der Waals surface area contributed by atoms with Crippen molar-refractivity contribution in [3.8, 4) is 0 Å². The van der Waals surface area contributed by atoms with Crippen molar-refractivity contribution in [2.24, 2.45) is 5.92 Å². The normalized spacial score (nSPS) is 25.8. The van der Waals surface area contributed by atoms with Crippen LogP contribution in [0.5, 0.6) is 0 Å². The maximum Gasteiger partial charge on any atom is 0.129 e. The van der Waals surface area contributed by atoms with Crippen LogP contribution in [-0.2, 0) is 4.74 Å². The molecular formula is C22H25ClFNO. The fourth-order valence-electron chi connectivity index (χ4n) is 4.33. The molecule has 138 valence electrons. The second-order valence-electron chi connectivity index (χ2n) is 7.51. The van der Waals surface area contributed by atoms with Gasteiger partial charge in [-0.05, 0) is 48.9 Å². The Kier molecular flexibility index (Phi) is 4.94. The summed E-state index contributed by atoms with van der Waals surface area (Å²) in [4.78, 5) is 0. The average molecular weight is 374 g/mol. The van der Waals surface area contributed by atoms with Crippen molar-refractivity contribution < 1.29 is 9.13 Å². The van der Waals surface area contributed by atoms with Crippen molar-refractivity contribution in [2.75, 3.05) is 11.9 Å². The van der Waals surface area contributed by atoms with E-state index in [4.69, 9.17) is 16.3 Å². The van der Waals surface area contributed by atoms with Gasteiger partial charge in [0, 0.05) is 34.4 Å². The van der Waals surface area contributed by atoms with Gasteiger partial charge < -0.3 is 10.1 Å². The molecule has 2 nitrogen and oxygen atoms in total. The van der Waals surface area contributed by atoms with Crippen molar-refractivity contribution >= 4 is 17.3 Å². The Bertz CT molecular complexity index is 788. The van der Waals surface area contributed by atoms with Crippen LogP contribution in [-0.4, -0.2) is 6.61 Å². The highest BCUT2D eigenvalue weighted by molar-refractivity contribution is 6.31. The molecular weight excluding hydrogens is 349 g/mol. The van der Waals surface area contributed by atoms with Crippen LogP contribution in [0.25, 0.3) is 0 Å². The van der Waals surface area contributed by atoms with E-state index in [1.807, 2.05) is 0 Å². The summed E-state index contributed by atoms with van der Waals surface area (Å²) in [5.74, 6) is 0.443. The van der Waals surface area contributed by atoms with Crippen molar-refractivity contribution in [1.29, 1.82) is 0 Å². The first kappa shape index (κ1) is 17.8. The molecule has 1 N–H and O–H groups in total. The van der Waals surface area contributed by atoms with Crippen LogP contribution in [0.15, 0.2) is 36.4 Å². The molecule has 2 aromatic rings. The third-order valence-electron chi connectivity index (χ3n) is 5.98. The number of anilines is 1. The first-order chi connectivity index (χ1) is 12.6. The molecule has 0 aromatic heterocycles. The molecule has 0 bridgehead atoms. The second-order valence-corrected chi connectivity index (χ2v) is 7.92. The molecule has 2 heterocycles. The lowest BCUT2D eigenvalue weighted by Crippen LogP contribution is -2.36. The number of fused-ring (bicyclic) bond motifs is 3. The van der Waals surface area contributed by atoms with E-state index in [0.717, 1.165) is 31.6 Å². The van der Waals surface area contributed by atoms with E-state index in [2.05, 4.69) is 37.4 Å². The molecule has 1 saturated heterocycles. The third-order valence-corrected chi connectivity index (χ3v) is 6.31. The Morgan fingerprint density at radius 1 is 1.31 bits per heavy atom. The molecule has 4 heteroatoms. The van der Waals surface area contributed by atoms with E-state index in [-0.39, 0.29) is 23.9 Å². The molecule has 2 aliphatic heterocycles. The van der Waals surface area contributed by atoms with Crippen LogP contribution < -0.4 is 5.32 Å². The molecule has 26 heavy (non-hydrogen) atoms. The van der Waals surface area contributed by atoms with Gasteiger partial charge in [-0.25, -0.2) is 4.39 Å². The first-order valence-corrected chi connectivity index (χ1v) is 9.93.